The highest BCUT2D eigenvalue weighted by atomic mass is 16.3. The molecule has 1 atom stereocenters. The van der Waals surface area contributed by atoms with Gasteiger partial charge in [-0.2, -0.15) is 0 Å². The number of hydrogen-bond donors (Lipinski definition) is 2. The van der Waals surface area contributed by atoms with Crippen LogP contribution in [0.3, 0.4) is 0 Å². The van der Waals surface area contributed by atoms with Crippen molar-refractivity contribution in [3.05, 3.63) is 11.8 Å². The van der Waals surface area contributed by atoms with Crippen molar-refractivity contribution in [2.24, 2.45) is 5.92 Å². The molecule has 2 heteroatoms. The van der Waals surface area contributed by atoms with Crippen molar-refractivity contribution in [2.45, 2.75) is 19.8 Å². The summed E-state index contributed by atoms with van der Waals surface area (Å²) in [5, 5.41) is 12.0. The van der Waals surface area contributed by atoms with Crippen molar-refractivity contribution in [3.8, 4) is 0 Å². The van der Waals surface area contributed by atoms with Gasteiger partial charge < -0.3 is 10.4 Å². The van der Waals surface area contributed by atoms with Crippen molar-refractivity contribution in [2.75, 3.05) is 13.2 Å². The fourth-order valence-corrected chi connectivity index (χ4v) is 1.41. The first-order valence-electron chi connectivity index (χ1n) is 3.91. The van der Waals surface area contributed by atoms with Gasteiger partial charge in [0.2, 0.25) is 0 Å². The predicted octanol–water partition coefficient (Wildman–Crippen LogP) is 0.882. The van der Waals surface area contributed by atoms with Gasteiger partial charge >= 0.3 is 0 Å². The fraction of sp³-hybridized carbons (Fsp3) is 0.750. The highest BCUT2D eigenvalue weighted by Crippen LogP contribution is 2.19. The molecule has 0 saturated carbocycles. The summed E-state index contributed by atoms with van der Waals surface area (Å²) in [7, 11) is 0. The average molecular weight is 141 g/mol. The summed E-state index contributed by atoms with van der Waals surface area (Å²) in [5.41, 5.74) is 1.16. The van der Waals surface area contributed by atoms with E-state index in [4.69, 9.17) is 5.11 Å². The van der Waals surface area contributed by atoms with Crippen LogP contribution in [0.15, 0.2) is 11.8 Å². The van der Waals surface area contributed by atoms with E-state index in [9.17, 15) is 0 Å². The van der Waals surface area contributed by atoms with Gasteiger partial charge in [0.1, 0.15) is 0 Å². The highest BCUT2D eigenvalue weighted by Gasteiger charge is 2.13. The Morgan fingerprint density at radius 2 is 2.60 bits per heavy atom. The Balaban J connectivity index is 2.53. The number of aliphatic hydroxyl groups excluding tert-OH is 1. The smallest absolute Gasteiger partial charge is 0.0661 e. The summed E-state index contributed by atoms with van der Waals surface area (Å²) in [6.45, 7) is 3.44. The monoisotopic (exact) mass is 141 g/mol. The van der Waals surface area contributed by atoms with Crippen LogP contribution >= 0.6 is 0 Å². The second-order valence-electron chi connectivity index (χ2n) is 2.73. The maximum atomic E-state index is 8.88. The van der Waals surface area contributed by atoms with Gasteiger partial charge in [0.05, 0.1) is 6.61 Å². The summed E-state index contributed by atoms with van der Waals surface area (Å²) >= 11 is 0. The molecular formula is C8H15NO. The average Bonchev–Trinajstić information content (AvgIpc) is 2.04. The quantitative estimate of drug-likeness (QED) is 0.598. The number of aliphatic hydroxyl groups is 1. The summed E-state index contributed by atoms with van der Waals surface area (Å²) in [6.07, 6.45) is 4.27. The molecule has 10 heavy (non-hydrogen) atoms. The Hall–Kier alpha value is -0.500. The second kappa shape index (κ2) is 3.62. The lowest BCUT2D eigenvalue weighted by Crippen LogP contribution is -2.22. The zero-order chi connectivity index (χ0) is 7.40. The Morgan fingerprint density at radius 1 is 1.80 bits per heavy atom. The molecule has 1 aliphatic heterocycles. The normalized spacial score (nSPS) is 25.4. The van der Waals surface area contributed by atoms with E-state index in [2.05, 4.69) is 12.2 Å². The lowest BCUT2D eigenvalue weighted by Gasteiger charge is -2.22. The predicted molar refractivity (Wildman–Crippen MR) is 41.6 cm³/mol. The van der Waals surface area contributed by atoms with Gasteiger partial charge in [0.25, 0.3) is 0 Å². The molecule has 0 radical (unpaired) electrons. The van der Waals surface area contributed by atoms with Gasteiger partial charge in [0, 0.05) is 6.54 Å². The van der Waals surface area contributed by atoms with E-state index in [1.54, 1.807) is 0 Å². The van der Waals surface area contributed by atoms with Gasteiger partial charge in [-0.25, -0.2) is 0 Å². The van der Waals surface area contributed by atoms with E-state index in [-0.39, 0.29) is 6.61 Å². The van der Waals surface area contributed by atoms with Crippen molar-refractivity contribution in [3.63, 3.8) is 0 Å². The lowest BCUT2D eigenvalue weighted by molar-refractivity contribution is 0.302. The van der Waals surface area contributed by atoms with Crippen LogP contribution in [0.5, 0.6) is 0 Å². The first-order valence-corrected chi connectivity index (χ1v) is 3.91. The Labute approximate surface area is 61.9 Å². The van der Waals surface area contributed by atoms with Crippen LogP contribution in [0.25, 0.3) is 0 Å². The molecule has 0 aromatic rings. The summed E-state index contributed by atoms with van der Waals surface area (Å²) in [4.78, 5) is 0. The van der Waals surface area contributed by atoms with Crippen LogP contribution in [0.1, 0.15) is 19.8 Å². The van der Waals surface area contributed by atoms with Crippen molar-refractivity contribution in [1.82, 2.24) is 5.32 Å². The lowest BCUT2D eigenvalue weighted by atomic mass is 9.92. The number of nitrogens with one attached hydrogen (secondary N) is 1. The van der Waals surface area contributed by atoms with E-state index in [0.29, 0.717) is 5.92 Å². The molecule has 1 rings (SSSR count). The SMILES string of the molecule is CCC1CCNC=C1CO. The topological polar surface area (TPSA) is 32.3 Å². The Bertz CT molecular complexity index is 131. The van der Waals surface area contributed by atoms with Gasteiger partial charge in [-0.3, -0.25) is 0 Å². The molecule has 2 nitrogen and oxygen atoms in total. The molecule has 0 bridgehead atoms. The summed E-state index contributed by atoms with van der Waals surface area (Å²) in [6, 6.07) is 0. The van der Waals surface area contributed by atoms with Crippen LogP contribution in [-0.4, -0.2) is 18.3 Å². The van der Waals surface area contributed by atoms with E-state index < -0.39 is 0 Å². The summed E-state index contributed by atoms with van der Waals surface area (Å²) < 4.78 is 0. The number of rotatable bonds is 2. The second-order valence-corrected chi connectivity index (χ2v) is 2.73. The van der Waals surface area contributed by atoms with Gasteiger partial charge in [0.15, 0.2) is 0 Å². The van der Waals surface area contributed by atoms with Crippen molar-refractivity contribution >= 4 is 0 Å². The molecule has 58 valence electrons. The first kappa shape index (κ1) is 7.61. The maximum Gasteiger partial charge on any atom is 0.0661 e. The molecule has 1 unspecified atom stereocenters. The minimum Gasteiger partial charge on any atom is -0.392 e. The van der Waals surface area contributed by atoms with Crippen LogP contribution in [0.4, 0.5) is 0 Å². The van der Waals surface area contributed by atoms with Crippen molar-refractivity contribution in [1.29, 1.82) is 0 Å². The molecule has 0 spiro atoms. The van der Waals surface area contributed by atoms with Gasteiger partial charge in [-0.1, -0.05) is 6.92 Å². The largest absolute Gasteiger partial charge is 0.392 e. The van der Waals surface area contributed by atoms with Gasteiger partial charge in [-0.05, 0) is 30.5 Å². The molecule has 1 heterocycles. The maximum absolute atomic E-state index is 8.88. The molecule has 0 aromatic heterocycles. The van der Waals surface area contributed by atoms with E-state index in [0.717, 1.165) is 18.5 Å². The molecule has 0 aliphatic carbocycles. The third-order valence-corrected chi connectivity index (χ3v) is 2.12. The zero-order valence-corrected chi connectivity index (χ0v) is 6.43. The minimum absolute atomic E-state index is 0.214. The molecule has 0 amide bonds. The third kappa shape index (κ3) is 1.51. The van der Waals surface area contributed by atoms with Crippen molar-refractivity contribution < 1.29 is 5.11 Å². The Kier molecular flexibility index (Phi) is 2.75. The molecule has 2 N–H and O–H groups in total. The van der Waals surface area contributed by atoms with E-state index in [1.165, 1.54) is 6.42 Å². The summed E-state index contributed by atoms with van der Waals surface area (Å²) in [5.74, 6) is 0.617. The van der Waals surface area contributed by atoms with Crippen LogP contribution in [0, 0.1) is 5.92 Å². The molecule has 0 aromatic carbocycles. The Morgan fingerprint density at radius 3 is 3.10 bits per heavy atom. The minimum atomic E-state index is 0.214. The van der Waals surface area contributed by atoms with E-state index >= 15 is 0 Å². The fourth-order valence-electron chi connectivity index (χ4n) is 1.41. The number of hydrogen-bond acceptors (Lipinski definition) is 2. The molecule has 1 aliphatic rings. The van der Waals surface area contributed by atoms with Crippen LogP contribution < -0.4 is 5.32 Å². The highest BCUT2D eigenvalue weighted by molar-refractivity contribution is 5.08. The third-order valence-electron chi connectivity index (χ3n) is 2.12. The van der Waals surface area contributed by atoms with Gasteiger partial charge in [-0.15, -0.1) is 0 Å². The zero-order valence-electron chi connectivity index (χ0n) is 6.43. The first-order chi connectivity index (χ1) is 4.88. The van der Waals surface area contributed by atoms with Crippen LogP contribution in [-0.2, 0) is 0 Å². The molecular weight excluding hydrogens is 126 g/mol. The molecule has 0 fully saturated rings. The molecule has 0 saturated heterocycles. The van der Waals surface area contributed by atoms with Crippen LogP contribution in [0.2, 0.25) is 0 Å². The van der Waals surface area contributed by atoms with E-state index in [1.807, 2.05) is 6.20 Å². The standard InChI is InChI=1S/C8H15NO/c1-2-7-3-4-9-5-8(7)6-10/h5,7,9-10H,2-4,6H2,1H3.